The maximum Gasteiger partial charge on any atom is 0.157 e. The molecule has 1 fully saturated rings. The fourth-order valence-electron chi connectivity index (χ4n) is 2.49. The van der Waals surface area contributed by atoms with Gasteiger partial charge < -0.3 is 19.4 Å². The molecule has 0 saturated carbocycles. The van der Waals surface area contributed by atoms with Gasteiger partial charge in [-0.15, -0.1) is 0 Å². The zero-order valence-electron chi connectivity index (χ0n) is 12.4. The molecule has 2 aromatic rings. The van der Waals surface area contributed by atoms with E-state index in [1.807, 2.05) is 25.8 Å². The number of rotatable bonds is 6. The maximum absolute atomic E-state index is 5.94. The summed E-state index contributed by atoms with van der Waals surface area (Å²) in [6, 6.07) is 0.172. The molecule has 0 radical (unpaired) electrons. The Morgan fingerprint density at radius 2 is 2.33 bits per heavy atom. The molecular formula is C14H21N5O2. The first-order valence-electron chi connectivity index (χ1n) is 7.21. The van der Waals surface area contributed by atoms with Gasteiger partial charge in [0, 0.05) is 26.3 Å². The van der Waals surface area contributed by atoms with Crippen LogP contribution in [0.2, 0.25) is 0 Å². The lowest BCUT2D eigenvalue weighted by Gasteiger charge is -2.20. The molecule has 21 heavy (non-hydrogen) atoms. The third-order valence-electron chi connectivity index (χ3n) is 3.68. The summed E-state index contributed by atoms with van der Waals surface area (Å²) in [5.41, 5.74) is 1.17. The van der Waals surface area contributed by atoms with E-state index in [1.54, 1.807) is 10.9 Å². The number of aromatic nitrogens is 4. The van der Waals surface area contributed by atoms with Crippen molar-refractivity contribution in [3.8, 4) is 5.75 Å². The predicted octanol–water partition coefficient (Wildman–Crippen LogP) is 0.572. The Bertz CT molecular complexity index is 579. The zero-order valence-corrected chi connectivity index (χ0v) is 12.4. The third kappa shape index (κ3) is 3.25. The second-order valence-electron chi connectivity index (χ2n) is 5.20. The largest absolute Gasteiger partial charge is 0.483 e. The van der Waals surface area contributed by atoms with Crippen LogP contribution in [0.25, 0.3) is 0 Å². The summed E-state index contributed by atoms with van der Waals surface area (Å²) < 4.78 is 15.3. The lowest BCUT2D eigenvalue weighted by Crippen LogP contribution is -2.41. The molecule has 0 spiro atoms. The van der Waals surface area contributed by atoms with E-state index in [4.69, 9.17) is 9.47 Å². The van der Waals surface area contributed by atoms with Gasteiger partial charge in [-0.2, -0.15) is 5.10 Å². The molecule has 2 atom stereocenters. The number of hydrogen-bond acceptors (Lipinski definition) is 5. The molecule has 0 aliphatic carbocycles. The lowest BCUT2D eigenvalue weighted by atomic mass is 10.2. The van der Waals surface area contributed by atoms with Crippen LogP contribution < -0.4 is 10.1 Å². The number of imidazole rings is 1. The summed E-state index contributed by atoms with van der Waals surface area (Å²) in [6.45, 7) is 5.05. The molecule has 7 heteroatoms. The van der Waals surface area contributed by atoms with Crippen molar-refractivity contribution in [1.82, 2.24) is 24.6 Å². The van der Waals surface area contributed by atoms with E-state index in [2.05, 4.69) is 26.9 Å². The van der Waals surface area contributed by atoms with Gasteiger partial charge in [0.1, 0.15) is 6.10 Å². The van der Waals surface area contributed by atoms with Crippen molar-refractivity contribution in [1.29, 1.82) is 0 Å². The molecule has 0 amide bonds. The number of aryl methyl sites for hydroxylation is 2. The standard InChI is InChI=1S/C14H21N5O2/c1-3-19-10-15-4-11(19)5-16-13-8-20-9-14(13)21-12-6-17-18(2)7-12/h4,6-7,10,13-14,16H,3,5,8-9H2,1-2H3/t13-,14+/m0/s1. The van der Waals surface area contributed by atoms with Gasteiger partial charge in [-0.3, -0.25) is 4.68 Å². The van der Waals surface area contributed by atoms with Crippen molar-refractivity contribution >= 4 is 0 Å². The average Bonchev–Trinajstić information content (AvgIpc) is 3.18. The van der Waals surface area contributed by atoms with Gasteiger partial charge >= 0.3 is 0 Å². The number of hydrogen-bond donors (Lipinski definition) is 1. The van der Waals surface area contributed by atoms with Crippen molar-refractivity contribution in [3.63, 3.8) is 0 Å². The van der Waals surface area contributed by atoms with Crippen LogP contribution in [-0.2, 0) is 24.9 Å². The Morgan fingerprint density at radius 1 is 1.43 bits per heavy atom. The van der Waals surface area contributed by atoms with E-state index in [0.717, 1.165) is 18.8 Å². The lowest BCUT2D eigenvalue weighted by molar-refractivity contribution is 0.139. The first-order valence-corrected chi connectivity index (χ1v) is 7.21. The summed E-state index contributed by atoms with van der Waals surface area (Å²) in [4.78, 5) is 4.18. The topological polar surface area (TPSA) is 66.1 Å². The van der Waals surface area contributed by atoms with Gasteiger partial charge in [0.2, 0.25) is 0 Å². The second kappa shape index (κ2) is 6.28. The Morgan fingerprint density at radius 3 is 3.10 bits per heavy atom. The molecule has 114 valence electrons. The predicted molar refractivity (Wildman–Crippen MR) is 77.0 cm³/mol. The van der Waals surface area contributed by atoms with E-state index in [1.165, 1.54) is 5.69 Å². The Hall–Kier alpha value is -1.86. The van der Waals surface area contributed by atoms with Gasteiger partial charge in [0.05, 0.1) is 43.7 Å². The van der Waals surface area contributed by atoms with E-state index < -0.39 is 0 Å². The molecule has 0 aromatic carbocycles. The van der Waals surface area contributed by atoms with Crippen molar-refractivity contribution in [2.75, 3.05) is 13.2 Å². The monoisotopic (exact) mass is 291 g/mol. The van der Waals surface area contributed by atoms with E-state index in [9.17, 15) is 0 Å². The average molecular weight is 291 g/mol. The van der Waals surface area contributed by atoms with E-state index >= 15 is 0 Å². The second-order valence-corrected chi connectivity index (χ2v) is 5.20. The Labute approximate surface area is 123 Å². The van der Waals surface area contributed by atoms with E-state index in [-0.39, 0.29) is 12.1 Å². The smallest absolute Gasteiger partial charge is 0.157 e. The minimum absolute atomic E-state index is 0.00666. The number of nitrogens with one attached hydrogen (secondary N) is 1. The van der Waals surface area contributed by atoms with Gasteiger partial charge in [-0.25, -0.2) is 4.98 Å². The summed E-state index contributed by atoms with van der Waals surface area (Å²) in [6.07, 6.45) is 7.34. The summed E-state index contributed by atoms with van der Waals surface area (Å²) in [5.74, 6) is 0.776. The summed E-state index contributed by atoms with van der Waals surface area (Å²) in [7, 11) is 1.87. The van der Waals surface area contributed by atoms with Crippen molar-refractivity contribution in [2.45, 2.75) is 32.2 Å². The molecular weight excluding hydrogens is 270 g/mol. The molecule has 3 rings (SSSR count). The quantitative estimate of drug-likeness (QED) is 0.843. The van der Waals surface area contributed by atoms with Gasteiger partial charge in [0.15, 0.2) is 5.75 Å². The molecule has 1 N–H and O–H groups in total. The van der Waals surface area contributed by atoms with Crippen LogP contribution in [0.1, 0.15) is 12.6 Å². The molecule has 1 aliphatic rings. The highest BCUT2D eigenvalue weighted by molar-refractivity contribution is 5.13. The number of nitrogens with zero attached hydrogens (tertiary/aromatic N) is 4. The van der Waals surface area contributed by atoms with E-state index in [0.29, 0.717) is 13.2 Å². The zero-order chi connectivity index (χ0) is 14.7. The van der Waals surface area contributed by atoms with Crippen LogP contribution in [-0.4, -0.2) is 44.7 Å². The molecule has 0 bridgehead atoms. The van der Waals surface area contributed by atoms with Gasteiger partial charge in [-0.1, -0.05) is 0 Å². The van der Waals surface area contributed by atoms with Crippen LogP contribution in [0.5, 0.6) is 5.75 Å². The van der Waals surface area contributed by atoms with Crippen LogP contribution >= 0.6 is 0 Å². The van der Waals surface area contributed by atoms with Crippen LogP contribution in [0.15, 0.2) is 24.9 Å². The third-order valence-corrected chi connectivity index (χ3v) is 3.68. The van der Waals surface area contributed by atoms with Crippen LogP contribution in [0.3, 0.4) is 0 Å². The maximum atomic E-state index is 5.94. The molecule has 0 unspecified atom stereocenters. The highest BCUT2D eigenvalue weighted by atomic mass is 16.5. The molecule has 1 aliphatic heterocycles. The first kappa shape index (κ1) is 14.1. The molecule has 1 saturated heterocycles. The minimum atomic E-state index is 0.00666. The molecule has 3 heterocycles. The van der Waals surface area contributed by atoms with Crippen molar-refractivity contribution < 1.29 is 9.47 Å². The summed E-state index contributed by atoms with van der Waals surface area (Å²) in [5, 5.41) is 7.61. The molecule has 2 aromatic heterocycles. The van der Waals surface area contributed by atoms with Gasteiger partial charge in [-0.05, 0) is 6.92 Å². The SMILES string of the molecule is CCn1cncc1CN[C@H]1COC[C@H]1Oc1cnn(C)c1. The highest BCUT2D eigenvalue weighted by Crippen LogP contribution is 2.16. The summed E-state index contributed by atoms with van der Waals surface area (Å²) >= 11 is 0. The number of ether oxygens (including phenoxy) is 2. The fourth-order valence-corrected chi connectivity index (χ4v) is 2.49. The van der Waals surface area contributed by atoms with Gasteiger partial charge in [0.25, 0.3) is 0 Å². The minimum Gasteiger partial charge on any atom is -0.483 e. The molecule has 7 nitrogen and oxygen atoms in total. The Balaban J connectivity index is 1.57. The Kier molecular flexibility index (Phi) is 4.21. The van der Waals surface area contributed by atoms with Crippen molar-refractivity contribution in [2.24, 2.45) is 7.05 Å². The normalized spacial score (nSPS) is 21.8. The van der Waals surface area contributed by atoms with Crippen LogP contribution in [0.4, 0.5) is 0 Å². The van der Waals surface area contributed by atoms with Crippen molar-refractivity contribution in [3.05, 3.63) is 30.6 Å². The first-order chi connectivity index (χ1) is 10.3. The fraction of sp³-hybridized carbons (Fsp3) is 0.571. The highest BCUT2D eigenvalue weighted by Gasteiger charge is 2.30. The van der Waals surface area contributed by atoms with Crippen LogP contribution in [0, 0.1) is 0 Å².